The predicted molar refractivity (Wildman–Crippen MR) is 176 cm³/mol. The molecule has 1 aromatic heterocycles. The van der Waals surface area contributed by atoms with Crippen molar-refractivity contribution in [3.8, 4) is 11.1 Å². The van der Waals surface area contributed by atoms with Crippen LogP contribution in [0.15, 0.2) is 152 Å². The zero-order chi connectivity index (χ0) is 27.3. The summed E-state index contributed by atoms with van der Waals surface area (Å²) in [6.07, 6.45) is 0. The summed E-state index contributed by atoms with van der Waals surface area (Å²) in [6.45, 7) is 0. The van der Waals surface area contributed by atoms with Crippen LogP contribution in [-0.2, 0) is 7.05 Å². The molecule has 0 spiro atoms. The monoisotopic (exact) mass is 524 g/mol. The normalized spacial score (nSPS) is 11.5. The topological polar surface area (TPSA) is 8.17 Å². The fraction of sp³-hybridized carbons (Fsp3) is 0.0256. The number of para-hydroxylation sites is 1. The van der Waals surface area contributed by atoms with Gasteiger partial charge in [-0.2, -0.15) is 0 Å². The third-order valence-electron chi connectivity index (χ3n) is 8.34. The lowest BCUT2D eigenvalue weighted by molar-refractivity contribution is 1.02. The van der Waals surface area contributed by atoms with Gasteiger partial charge in [-0.1, -0.05) is 97.1 Å². The van der Waals surface area contributed by atoms with Gasteiger partial charge in [-0.05, 0) is 87.3 Å². The van der Waals surface area contributed by atoms with Crippen LogP contribution >= 0.6 is 0 Å². The molecular formula is C39H28N2. The zero-order valence-electron chi connectivity index (χ0n) is 22.8. The minimum absolute atomic E-state index is 1.13. The van der Waals surface area contributed by atoms with Crippen molar-refractivity contribution < 1.29 is 0 Å². The Morgan fingerprint density at radius 3 is 1.71 bits per heavy atom. The lowest BCUT2D eigenvalue weighted by Gasteiger charge is -2.26. The molecule has 0 atom stereocenters. The van der Waals surface area contributed by atoms with E-state index in [0.29, 0.717) is 0 Å². The van der Waals surface area contributed by atoms with Gasteiger partial charge in [-0.3, -0.25) is 0 Å². The third-order valence-corrected chi connectivity index (χ3v) is 8.34. The standard InChI is InChI=1S/C39H28N2/c1-40-38-26-32(18-22-36(38)37-24-30-11-7-8-12-31(30)25-39(37)40)28-15-19-34(20-16-28)41(33-13-3-2-4-14-33)35-21-17-27-9-5-6-10-29(27)23-35/h2-26H,1H3. The summed E-state index contributed by atoms with van der Waals surface area (Å²) >= 11 is 0. The van der Waals surface area contributed by atoms with E-state index in [0.717, 1.165) is 17.1 Å². The van der Waals surface area contributed by atoms with E-state index in [4.69, 9.17) is 0 Å². The second-order valence-electron chi connectivity index (χ2n) is 10.8. The van der Waals surface area contributed by atoms with Crippen LogP contribution in [0.25, 0.3) is 54.5 Å². The molecule has 8 aromatic rings. The van der Waals surface area contributed by atoms with Crippen molar-refractivity contribution in [1.29, 1.82) is 0 Å². The highest BCUT2D eigenvalue weighted by Crippen LogP contribution is 2.38. The minimum Gasteiger partial charge on any atom is -0.344 e. The van der Waals surface area contributed by atoms with Crippen molar-refractivity contribution >= 4 is 60.4 Å². The number of nitrogens with zero attached hydrogens (tertiary/aromatic N) is 2. The SMILES string of the molecule is Cn1c2cc(-c3ccc(N(c4ccccc4)c4ccc5ccccc5c4)cc3)ccc2c2cc3ccccc3cc21. The molecule has 0 fully saturated rings. The van der Waals surface area contributed by atoms with E-state index in [1.165, 1.54) is 54.5 Å². The van der Waals surface area contributed by atoms with Crippen molar-refractivity contribution in [1.82, 2.24) is 4.57 Å². The molecule has 0 aliphatic carbocycles. The van der Waals surface area contributed by atoms with Crippen molar-refractivity contribution in [3.05, 3.63) is 152 Å². The third kappa shape index (κ3) is 3.96. The highest BCUT2D eigenvalue weighted by Gasteiger charge is 2.14. The Morgan fingerprint density at radius 1 is 0.390 bits per heavy atom. The largest absolute Gasteiger partial charge is 0.344 e. The van der Waals surface area contributed by atoms with E-state index in [1.807, 2.05) is 0 Å². The fourth-order valence-electron chi connectivity index (χ4n) is 6.21. The first-order valence-electron chi connectivity index (χ1n) is 14.1. The van der Waals surface area contributed by atoms with Crippen LogP contribution in [0.5, 0.6) is 0 Å². The van der Waals surface area contributed by atoms with Gasteiger partial charge in [-0.25, -0.2) is 0 Å². The van der Waals surface area contributed by atoms with Crippen LogP contribution < -0.4 is 4.90 Å². The van der Waals surface area contributed by atoms with E-state index in [9.17, 15) is 0 Å². The van der Waals surface area contributed by atoms with E-state index in [-0.39, 0.29) is 0 Å². The lowest BCUT2D eigenvalue weighted by atomic mass is 10.0. The molecule has 194 valence electrons. The molecule has 2 heteroatoms. The van der Waals surface area contributed by atoms with Crippen molar-refractivity contribution in [2.75, 3.05) is 4.90 Å². The maximum Gasteiger partial charge on any atom is 0.0495 e. The van der Waals surface area contributed by atoms with Gasteiger partial charge in [0.25, 0.3) is 0 Å². The summed E-state index contributed by atoms with van der Waals surface area (Å²) in [6, 6.07) is 54.9. The van der Waals surface area contributed by atoms with Gasteiger partial charge in [-0.15, -0.1) is 0 Å². The van der Waals surface area contributed by atoms with E-state index in [2.05, 4.69) is 168 Å². The van der Waals surface area contributed by atoms with Crippen LogP contribution in [0.1, 0.15) is 0 Å². The summed E-state index contributed by atoms with van der Waals surface area (Å²) in [5.74, 6) is 0. The second kappa shape index (κ2) is 9.39. The van der Waals surface area contributed by atoms with Gasteiger partial charge >= 0.3 is 0 Å². The zero-order valence-corrected chi connectivity index (χ0v) is 22.8. The summed E-state index contributed by atoms with van der Waals surface area (Å²) in [4.78, 5) is 2.33. The Hall–Kier alpha value is -5.34. The Balaban J connectivity index is 1.21. The van der Waals surface area contributed by atoms with Gasteiger partial charge < -0.3 is 9.47 Å². The Kier molecular flexibility index (Phi) is 5.39. The molecule has 0 saturated carbocycles. The molecule has 8 rings (SSSR count). The first-order valence-corrected chi connectivity index (χ1v) is 14.1. The molecule has 0 amide bonds. The summed E-state index contributed by atoms with van der Waals surface area (Å²) in [5.41, 5.74) is 8.35. The fourth-order valence-corrected chi connectivity index (χ4v) is 6.21. The number of rotatable bonds is 4. The molecule has 41 heavy (non-hydrogen) atoms. The van der Waals surface area contributed by atoms with Crippen LogP contribution in [-0.4, -0.2) is 4.57 Å². The predicted octanol–water partition coefficient (Wildman–Crippen LogP) is 10.8. The Labute approximate surface area is 239 Å². The second-order valence-corrected chi connectivity index (χ2v) is 10.8. The molecule has 2 nitrogen and oxygen atoms in total. The number of benzene rings is 7. The average molecular weight is 525 g/mol. The van der Waals surface area contributed by atoms with Crippen LogP contribution in [0.2, 0.25) is 0 Å². The van der Waals surface area contributed by atoms with E-state index < -0.39 is 0 Å². The summed E-state index contributed by atoms with van der Waals surface area (Å²) in [5, 5.41) is 7.63. The van der Waals surface area contributed by atoms with Crippen LogP contribution in [0, 0.1) is 0 Å². The molecule has 0 radical (unpaired) electrons. The number of aromatic nitrogens is 1. The maximum atomic E-state index is 2.33. The molecule has 0 saturated heterocycles. The Bertz CT molecular complexity index is 2210. The van der Waals surface area contributed by atoms with Gasteiger partial charge in [0.2, 0.25) is 0 Å². The van der Waals surface area contributed by atoms with Crippen molar-refractivity contribution in [2.45, 2.75) is 0 Å². The number of anilines is 3. The highest BCUT2D eigenvalue weighted by molar-refractivity contribution is 6.13. The number of fused-ring (bicyclic) bond motifs is 5. The van der Waals surface area contributed by atoms with Gasteiger partial charge in [0.15, 0.2) is 0 Å². The first-order chi connectivity index (χ1) is 20.2. The molecule has 0 unspecified atom stereocenters. The summed E-state index contributed by atoms with van der Waals surface area (Å²) < 4.78 is 2.33. The minimum atomic E-state index is 1.13. The van der Waals surface area contributed by atoms with Gasteiger partial charge in [0, 0.05) is 45.9 Å². The van der Waals surface area contributed by atoms with Gasteiger partial charge in [0.05, 0.1) is 0 Å². The number of hydrogen-bond donors (Lipinski definition) is 0. The van der Waals surface area contributed by atoms with Crippen molar-refractivity contribution in [2.24, 2.45) is 7.05 Å². The quantitative estimate of drug-likeness (QED) is 0.222. The molecule has 0 N–H and O–H groups in total. The highest BCUT2D eigenvalue weighted by atomic mass is 15.1. The lowest BCUT2D eigenvalue weighted by Crippen LogP contribution is -2.09. The molecule has 0 aliphatic heterocycles. The molecule has 0 aliphatic rings. The average Bonchev–Trinajstić information content (AvgIpc) is 3.31. The number of aryl methyl sites for hydroxylation is 1. The molecule has 7 aromatic carbocycles. The van der Waals surface area contributed by atoms with E-state index >= 15 is 0 Å². The smallest absolute Gasteiger partial charge is 0.0495 e. The first kappa shape index (κ1) is 23.5. The van der Waals surface area contributed by atoms with Gasteiger partial charge in [0.1, 0.15) is 0 Å². The summed E-state index contributed by atoms with van der Waals surface area (Å²) in [7, 11) is 2.17. The maximum absolute atomic E-state index is 2.33. The van der Waals surface area contributed by atoms with Crippen molar-refractivity contribution in [3.63, 3.8) is 0 Å². The molecule has 1 heterocycles. The molecular weight excluding hydrogens is 496 g/mol. The molecule has 0 bridgehead atoms. The number of hydrogen-bond acceptors (Lipinski definition) is 1. The van der Waals surface area contributed by atoms with Crippen LogP contribution in [0.3, 0.4) is 0 Å². The van der Waals surface area contributed by atoms with Crippen LogP contribution in [0.4, 0.5) is 17.1 Å². The Morgan fingerprint density at radius 2 is 0.951 bits per heavy atom. The van der Waals surface area contributed by atoms with E-state index in [1.54, 1.807) is 0 Å².